The molecule has 1 saturated heterocycles. The number of aromatic nitrogens is 3. The largest absolute Gasteiger partial charge is 0.397 e. The standard InChI is InChI=1S/C26H29F2N7O3/c1-5-6-33-22(14-32-12-16(13-32)26(3,4)38)23(35(30)21-9-19(28)18(27)8-20(21)29)24(36)34(25(33)37)17-7-15(2)10-31-11-17/h1,7-11,16,38H,6,12-14,29-30H2,2-4H3. The fourth-order valence-corrected chi connectivity index (χ4v) is 4.46. The first kappa shape index (κ1) is 27.0. The summed E-state index contributed by atoms with van der Waals surface area (Å²) in [6.07, 6.45) is 8.49. The molecule has 0 spiro atoms. The third-order valence-corrected chi connectivity index (χ3v) is 6.69. The van der Waals surface area contributed by atoms with Crippen LogP contribution in [0.3, 0.4) is 0 Å². The summed E-state index contributed by atoms with van der Waals surface area (Å²) in [7, 11) is 0. The van der Waals surface area contributed by atoms with Gasteiger partial charge in [0.1, 0.15) is 5.69 Å². The number of hydrogen-bond donors (Lipinski definition) is 3. The molecule has 5 N–H and O–H groups in total. The van der Waals surface area contributed by atoms with E-state index >= 15 is 0 Å². The molecule has 38 heavy (non-hydrogen) atoms. The third-order valence-electron chi connectivity index (χ3n) is 6.69. The molecule has 3 aromatic rings. The van der Waals surface area contributed by atoms with E-state index in [1.165, 1.54) is 10.8 Å². The first-order chi connectivity index (χ1) is 17.8. The fraction of sp³-hybridized carbons (Fsp3) is 0.346. The Morgan fingerprint density at radius 2 is 1.87 bits per heavy atom. The molecular formula is C26H29F2N7O3. The number of hydrazine groups is 1. The Balaban J connectivity index is 1.97. The predicted octanol–water partition coefficient (Wildman–Crippen LogP) is 1.41. The van der Waals surface area contributed by atoms with E-state index in [9.17, 15) is 23.5 Å². The maximum Gasteiger partial charge on any atom is 0.336 e. The van der Waals surface area contributed by atoms with E-state index in [0.717, 1.165) is 21.7 Å². The van der Waals surface area contributed by atoms with Gasteiger partial charge in [0.25, 0.3) is 5.56 Å². The van der Waals surface area contributed by atoms with Crippen LogP contribution in [-0.2, 0) is 13.1 Å². The predicted molar refractivity (Wildman–Crippen MR) is 140 cm³/mol. The maximum absolute atomic E-state index is 14.2. The number of nitrogen functional groups attached to an aromatic ring is 1. The normalized spacial score (nSPS) is 14.3. The molecule has 1 aliphatic rings. The fourth-order valence-electron chi connectivity index (χ4n) is 4.46. The minimum absolute atomic E-state index is 0.0340. The van der Waals surface area contributed by atoms with Crippen molar-refractivity contribution < 1.29 is 13.9 Å². The second-order valence-electron chi connectivity index (χ2n) is 9.97. The molecule has 4 rings (SSSR count). The Bertz CT molecular complexity index is 1550. The van der Waals surface area contributed by atoms with Crippen LogP contribution in [0.15, 0.2) is 40.2 Å². The lowest BCUT2D eigenvalue weighted by Gasteiger charge is -2.45. The number of nitrogens with two attached hydrogens (primary N) is 2. The highest BCUT2D eigenvalue weighted by atomic mass is 19.2. The van der Waals surface area contributed by atoms with Crippen LogP contribution in [0, 0.1) is 36.8 Å². The van der Waals surface area contributed by atoms with Crippen molar-refractivity contribution >= 4 is 17.1 Å². The topological polar surface area (TPSA) is 136 Å². The molecule has 12 heteroatoms. The number of aryl methyl sites for hydroxylation is 1. The van der Waals surface area contributed by atoms with Gasteiger partial charge in [0.2, 0.25) is 0 Å². The zero-order chi connectivity index (χ0) is 27.9. The second-order valence-corrected chi connectivity index (χ2v) is 9.97. The van der Waals surface area contributed by atoms with Gasteiger partial charge in [-0.2, -0.15) is 0 Å². The van der Waals surface area contributed by atoms with Crippen LogP contribution < -0.4 is 27.8 Å². The summed E-state index contributed by atoms with van der Waals surface area (Å²) in [5.41, 5.74) is 3.91. The Labute approximate surface area is 217 Å². The minimum atomic E-state index is -1.22. The molecule has 0 aliphatic carbocycles. The average molecular weight is 526 g/mol. The highest BCUT2D eigenvalue weighted by Gasteiger charge is 2.38. The molecular weight excluding hydrogens is 496 g/mol. The number of likely N-dealkylation sites (tertiary alicyclic amines) is 1. The molecule has 0 unspecified atom stereocenters. The number of nitrogens with zero attached hydrogens (tertiary/aromatic N) is 5. The van der Waals surface area contributed by atoms with Crippen molar-refractivity contribution in [1.82, 2.24) is 19.0 Å². The molecule has 0 radical (unpaired) electrons. The first-order valence-electron chi connectivity index (χ1n) is 11.8. The van der Waals surface area contributed by atoms with E-state index < -0.39 is 28.5 Å². The number of pyridine rings is 1. The van der Waals surface area contributed by atoms with E-state index in [-0.39, 0.29) is 47.5 Å². The van der Waals surface area contributed by atoms with Crippen molar-refractivity contribution in [3.8, 4) is 18.0 Å². The smallest absolute Gasteiger partial charge is 0.336 e. The summed E-state index contributed by atoms with van der Waals surface area (Å²) in [5, 5.41) is 11.2. The Morgan fingerprint density at radius 1 is 1.21 bits per heavy atom. The molecule has 3 heterocycles. The zero-order valence-electron chi connectivity index (χ0n) is 21.3. The van der Waals surface area contributed by atoms with E-state index in [1.54, 1.807) is 33.0 Å². The van der Waals surface area contributed by atoms with Crippen LogP contribution in [0.25, 0.3) is 5.69 Å². The van der Waals surface area contributed by atoms with Gasteiger partial charge >= 0.3 is 5.69 Å². The van der Waals surface area contributed by atoms with Crippen molar-refractivity contribution in [1.29, 1.82) is 0 Å². The zero-order valence-corrected chi connectivity index (χ0v) is 21.3. The summed E-state index contributed by atoms with van der Waals surface area (Å²) in [5.74, 6) is 6.37. The van der Waals surface area contributed by atoms with Gasteiger partial charge in [-0.05, 0) is 32.4 Å². The van der Waals surface area contributed by atoms with E-state index in [0.29, 0.717) is 18.7 Å². The summed E-state index contributed by atoms with van der Waals surface area (Å²) in [4.78, 5) is 33.6. The van der Waals surface area contributed by atoms with Crippen molar-refractivity contribution in [3.05, 3.63) is 74.3 Å². The highest BCUT2D eigenvalue weighted by molar-refractivity contribution is 5.74. The number of rotatable bonds is 7. The van der Waals surface area contributed by atoms with Crippen molar-refractivity contribution in [2.75, 3.05) is 23.8 Å². The number of aliphatic hydroxyl groups is 1. The quantitative estimate of drug-likeness (QED) is 0.182. The molecule has 10 nitrogen and oxygen atoms in total. The first-order valence-corrected chi connectivity index (χ1v) is 11.8. The number of hydrogen-bond acceptors (Lipinski definition) is 8. The summed E-state index contributed by atoms with van der Waals surface area (Å²) in [6.45, 7) is 5.99. The SMILES string of the molecule is C#CCn1c(CN2CC(C(C)(C)O)C2)c(N(N)c2cc(F)c(F)cc2N)c(=O)n(-c2cncc(C)c2)c1=O. The minimum Gasteiger partial charge on any atom is -0.397 e. The van der Waals surface area contributed by atoms with E-state index in [4.69, 9.17) is 18.0 Å². The summed E-state index contributed by atoms with van der Waals surface area (Å²) >= 11 is 0. The number of terminal acetylenes is 1. The molecule has 1 aromatic carbocycles. The van der Waals surface area contributed by atoms with Gasteiger partial charge in [0, 0.05) is 43.9 Å². The molecule has 0 atom stereocenters. The average Bonchev–Trinajstić information content (AvgIpc) is 2.79. The van der Waals surface area contributed by atoms with Crippen molar-refractivity contribution in [2.45, 2.75) is 39.5 Å². The second kappa shape index (κ2) is 10.0. The van der Waals surface area contributed by atoms with Gasteiger partial charge in [-0.25, -0.2) is 24.0 Å². The van der Waals surface area contributed by atoms with E-state index in [1.807, 2.05) is 4.90 Å². The number of anilines is 3. The number of benzene rings is 1. The molecule has 0 saturated carbocycles. The number of halogens is 2. The molecule has 200 valence electrons. The van der Waals surface area contributed by atoms with Gasteiger partial charge in [0.05, 0.1) is 41.1 Å². The molecule has 2 aromatic heterocycles. The van der Waals surface area contributed by atoms with Gasteiger partial charge in [-0.15, -0.1) is 6.42 Å². The lowest BCUT2D eigenvalue weighted by molar-refractivity contribution is -0.0654. The van der Waals surface area contributed by atoms with Crippen LogP contribution in [0.2, 0.25) is 0 Å². The Morgan fingerprint density at radius 3 is 2.47 bits per heavy atom. The Hall–Kier alpha value is -4.05. The molecule has 1 fully saturated rings. The van der Waals surface area contributed by atoms with Crippen LogP contribution in [0.4, 0.5) is 25.8 Å². The van der Waals surface area contributed by atoms with E-state index in [2.05, 4.69) is 10.9 Å². The monoisotopic (exact) mass is 525 g/mol. The third kappa shape index (κ3) is 4.91. The van der Waals surface area contributed by atoms with Crippen LogP contribution >= 0.6 is 0 Å². The van der Waals surface area contributed by atoms with Crippen LogP contribution in [-0.4, -0.2) is 42.8 Å². The maximum atomic E-state index is 14.2. The van der Waals surface area contributed by atoms with Crippen LogP contribution in [0.5, 0.6) is 0 Å². The van der Waals surface area contributed by atoms with Crippen molar-refractivity contribution in [2.24, 2.45) is 11.8 Å². The molecule has 0 amide bonds. The van der Waals surface area contributed by atoms with Crippen LogP contribution in [0.1, 0.15) is 25.1 Å². The molecule has 0 bridgehead atoms. The molecule has 1 aliphatic heterocycles. The lowest BCUT2D eigenvalue weighted by atomic mass is 9.84. The Kier molecular flexibility index (Phi) is 7.12. The van der Waals surface area contributed by atoms with Gasteiger partial charge in [-0.3, -0.25) is 24.3 Å². The summed E-state index contributed by atoms with van der Waals surface area (Å²) < 4.78 is 30.1. The van der Waals surface area contributed by atoms with Gasteiger partial charge in [0.15, 0.2) is 11.6 Å². The highest BCUT2D eigenvalue weighted by Crippen LogP contribution is 2.33. The lowest BCUT2D eigenvalue weighted by Crippen LogP contribution is -2.56. The summed E-state index contributed by atoms with van der Waals surface area (Å²) in [6, 6.07) is 3.13. The van der Waals surface area contributed by atoms with Gasteiger partial charge < -0.3 is 10.8 Å². The van der Waals surface area contributed by atoms with Crippen molar-refractivity contribution in [3.63, 3.8) is 0 Å². The van der Waals surface area contributed by atoms with Gasteiger partial charge in [-0.1, -0.05) is 5.92 Å².